The van der Waals surface area contributed by atoms with E-state index in [0.717, 1.165) is 6.42 Å². The summed E-state index contributed by atoms with van der Waals surface area (Å²) in [4.78, 5) is 48.6. The Balaban J connectivity index is 1.88. The lowest BCUT2D eigenvalue weighted by Gasteiger charge is -2.40. The standard InChI is InChI=1S/C33H47N3O6/c1-9-16-34(17-10-2)29(38)26-27-30(39)36(25(20-37)21(4)5)28(33(27)19-22(6)32(26,7)42-33)31(40)35(18-11-3)23-12-14-24(41-8)15-13-23/h9,11-15,21-22,25-28,37H,1,3,10,16-20H2,2,4-8H3/t22?,25-,26+,27-,28?,32-,33?/m0/s1. The van der Waals surface area contributed by atoms with Gasteiger partial charge in [-0.2, -0.15) is 0 Å². The number of aliphatic hydroxyl groups excluding tert-OH is 1. The Labute approximate surface area is 250 Å². The monoisotopic (exact) mass is 581 g/mol. The van der Waals surface area contributed by atoms with Gasteiger partial charge in [-0.05, 0) is 55.9 Å². The van der Waals surface area contributed by atoms with Gasteiger partial charge in [0.05, 0.1) is 37.2 Å². The van der Waals surface area contributed by atoms with Crippen LogP contribution in [0.3, 0.4) is 0 Å². The zero-order chi connectivity index (χ0) is 31.0. The molecule has 0 saturated carbocycles. The van der Waals surface area contributed by atoms with Crippen LogP contribution >= 0.6 is 0 Å². The molecule has 3 amide bonds. The van der Waals surface area contributed by atoms with Crippen molar-refractivity contribution in [3.63, 3.8) is 0 Å². The van der Waals surface area contributed by atoms with Gasteiger partial charge < -0.3 is 29.3 Å². The Kier molecular flexibility index (Phi) is 9.23. The van der Waals surface area contributed by atoms with Crippen molar-refractivity contribution in [3.8, 4) is 5.75 Å². The van der Waals surface area contributed by atoms with E-state index in [4.69, 9.17) is 9.47 Å². The van der Waals surface area contributed by atoms with E-state index in [1.54, 1.807) is 58.2 Å². The van der Waals surface area contributed by atoms with Crippen molar-refractivity contribution in [2.75, 3.05) is 38.3 Å². The van der Waals surface area contributed by atoms with Crippen LogP contribution in [0.1, 0.15) is 47.5 Å². The van der Waals surface area contributed by atoms with Gasteiger partial charge in [-0.25, -0.2) is 0 Å². The van der Waals surface area contributed by atoms with Crippen LogP contribution in [0.5, 0.6) is 5.75 Å². The van der Waals surface area contributed by atoms with Crippen molar-refractivity contribution < 1.29 is 29.0 Å². The third kappa shape index (κ3) is 4.84. The van der Waals surface area contributed by atoms with Gasteiger partial charge in [0.15, 0.2) is 0 Å². The highest BCUT2D eigenvalue weighted by Gasteiger charge is 2.80. The molecule has 1 aromatic rings. The van der Waals surface area contributed by atoms with Gasteiger partial charge in [0.1, 0.15) is 17.4 Å². The van der Waals surface area contributed by atoms with E-state index < -0.39 is 35.1 Å². The zero-order valence-electron chi connectivity index (χ0n) is 25.9. The number of aliphatic hydroxyl groups is 1. The number of rotatable bonds is 13. The number of ether oxygens (including phenoxy) is 2. The van der Waals surface area contributed by atoms with E-state index in [1.807, 2.05) is 34.6 Å². The number of hydrogen-bond donors (Lipinski definition) is 1. The number of amides is 3. The van der Waals surface area contributed by atoms with Crippen LogP contribution in [-0.4, -0.2) is 89.3 Å². The normalized spacial score (nSPS) is 30.3. The number of fused-ring (bicyclic) bond motifs is 1. The van der Waals surface area contributed by atoms with Gasteiger partial charge >= 0.3 is 0 Å². The van der Waals surface area contributed by atoms with Crippen molar-refractivity contribution in [1.82, 2.24) is 9.80 Å². The Morgan fingerprint density at radius 3 is 2.36 bits per heavy atom. The summed E-state index contributed by atoms with van der Waals surface area (Å²) in [7, 11) is 1.58. The Bertz CT molecular complexity index is 1200. The lowest BCUT2D eigenvalue weighted by Crippen LogP contribution is -2.60. The summed E-state index contributed by atoms with van der Waals surface area (Å²) in [6, 6.07) is 5.48. The summed E-state index contributed by atoms with van der Waals surface area (Å²) < 4.78 is 12.2. The fourth-order valence-corrected chi connectivity index (χ4v) is 7.58. The summed E-state index contributed by atoms with van der Waals surface area (Å²) >= 11 is 0. The second-order valence-corrected chi connectivity index (χ2v) is 12.5. The van der Waals surface area contributed by atoms with Gasteiger partial charge in [0.25, 0.3) is 5.91 Å². The number of carbonyl (C=O) groups excluding carboxylic acids is 3. The van der Waals surface area contributed by atoms with Crippen LogP contribution in [0, 0.1) is 23.7 Å². The number of benzene rings is 1. The molecule has 1 aromatic carbocycles. The van der Waals surface area contributed by atoms with Gasteiger partial charge in [0.2, 0.25) is 11.8 Å². The van der Waals surface area contributed by atoms with Crippen molar-refractivity contribution in [2.45, 2.75) is 70.7 Å². The zero-order valence-corrected chi connectivity index (χ0v) is 25.9. The first-order chi connectivity index (χ1) is 20.0. The highest BCUT2D eigenvalue weighted by atomic mass is 16.5. The average molecular weight is 582 g/mol. The first kappa shape index (κ1) is 31.8. The SMILES string of the molecule is C=CCN(CCC)C(=O)[C@H]1[C@H]2C(=O)N([C@@H](CO)C(C)C)C(C(=O)N(CC=C)c3ccc(OC)cc3)C23CC(C)[C@]1(C)O3. The molecule has 3 aliphatic rings. The van der Waals surface area contributed by atoms with E-state index in [0.29, 0.717) is 30.9 Å². The molecule has 230 valence electrons. The van der Waals surface area contributed by atoms with Crippen molar-refractivity contribution in [3.05, 3.63) is 49.6 Å². The minimum absolute atomic E-state index is 0.0848. The third-order valence-electron chi connectivity index (χ3n) is 9.68. The quantitative estimate of drug-likeness (QED) is 0.357. The molecule has 9 nitrogen and oxygen atoms in total. The molecule has 42 heavy (non-hydrogen) atoms. The van der Waals surface area contributed by atoms with Crippen molar-refractivity contribution in [1.29, 1.82) is 0 Å². The highest BCUT2D eigenvalue weighted by Crippen LogP contribution is 2.66. The maximum Gasteiger partial charge on any atom is 0.253 e. The number of carbonyl (C=O) groups is 3. The highest BCUT2D eigenvalue weighted by molar-refractivity contribution is 6.05. The summed E-state index contributed by atoms with van der Waals surface area (Å²) in [5, 5.41) is 10.6. The van der Waals surface area contributed by atoms with Crippen LogP contribution in [0.25, 0.3) is 0 Å². The minimum Gasteiger partial charge on any atom is -0.497 e. The van der Waals surface area contributed by atoms with Crippen LogP contribution < -0.4 is 9.64 Å². The fourth-order valence-electron chi connectivity index (χ4n) is 7.58. The predicted octanol–water partition coefficient (Wildman–Crippen LogP) is 3.67. The minimum atomic E-state index is -1.22. The number of anilines is 1. The molecule has 0 aromatic heterocycles. The van der Waals surface area contributed by atoms with Gasteiger partial charge in [-0.3, -0.25) is 14.4 Å². The predicted molar refractivity (Wildman–Crippen MR) is 162 cm³/mol. The van der Waals surface area contributed by atoms with Crippen molar-refractivity contribution >= 4 is 23.4 Å². The summed E-state index contributed by atoms with van der Waals surface area (Å²) in [6.45, 7) is 18.3. The van der Waals surface area contributed by atoms with Gasteiger partial charge in [0, 0.05) is 25.3 Å². The topological polar surface area (TPSA) is 99.6 Å². The van der Waals surface area contributed by atoms with E-state index >= 15 is 0 Å². The molecule has 3 saturated heterocycles. The van der Waals surface area contributed by atoms with Crippen LogP contribution in [0.4, 0.5) is 5.69 Å². The first-order valence-corrected chi connectivity index (χ1v) is 15.1. The molecular weight excluding hydrogens is 534 g/mol. The Morgan fingerprint density at radius 1 is 1.19 bits per heavy atom. The van der Waals surface area contributed by atoms with Crippen LogP contribution in [0.2, 0.25) is 0 Å². The van der Waals surface area contributed by atoms with E-state index in [2.05, 4.69) is 13.2 Å². The Morgan fingerprint density at radius 2 is 1.83 bits per heavy atom. The second kappa shape index (κ2) is 12.2. The number of hydrogen-bond acceptors (Lipinski definition) is 6. The molecule has 0 radical (unpaired) electrons. The molecule has 3 unspecified atom stereocenters. The van der Waals surface area contributed by atoms with E-state index in [-0.39, 0.29) is 42.7 Å². The molecule has 3 heterocycles. The molecule has 3 aliphatic heterocycles. The summed E-state index contributed by atoms with van der Waals surface area (Å²) in [5.74, 6) is -1.97. The Hall–Kier alpha value is -3.17. The molecular formula is C33H47N3O6. The molecule has 7 atom stereocenters. The van der Waals surface area contributed by atoms with E-state index in [1.165, 1.54) is 0 Å². The van der Waals surface area contributed by atoms with Gasteiger partial charge in [-0.15, -0.1) is 13.2 Å². The lowest BCUT2D eigenvalue weighted by atomic mass is 9.62. The molecule has 4 rings (SSSR count). The smallest absolute Gasteiger partial charge is 0.253 e. The largest absolute Gasteiger partial charge is 0.497 e. The summed E-state index contributed by atoms with van der Waals surface area (Å²) in [5.41, 5.74) is -1.52. The molecule has 1 N–H and O–H groups in total. The molecule has 1 spiro atoms. The maximum absolute atomic E-state index is 14.8. The van der Waals surface area contributed by atoms with Crippen LogP contribution in [-0.2, 0) is 19.1 Å². The van der Waals surface area contributed by atoms with Gasteiger partial charge in [-0.1, -0.05) is 39.8 Å². The number of methoxy groups -OCH3 is 1. The average Bonchev–Trinajstić information content (AvgIpc) is 3.48. The number of likely N-dealkylation sites (tertiary alicyclic amines) is 1. The second-order valence-electron chi connectivity index (χ2n) is 12.5. The molecule has 9 heteroatoms. The molecule has 0 aliphatic carbocycles. The van der Waals surface area contributed by atoms with Crippen molar-refractivity contribution in [2.24, 2.45) is 23.7 Å². The fraction of sp³-hybridized carbons (Fsp3) is 0.606. The van der Waals surface area contributed by atoms with E-state index in [9.17, 15) is 19.5 Å². The van der Waals surface area contributed by atoms with Crippen LogP contribution in [0.15, 0.2) is 49.6 Å². The third-order valence-corrected chi connectivity index (χ3v) is 9.68. The lowest BCUT2D eigenvalue weighted by molar-refractivity contribution is -0.154. The summed E-state index contributed by atoms with van der Waals surface area (Å²) in [6.07, 6.45) is 4.55. The molecule has 3 fully saturated rings. The maximum atomic E-state index is 14.8. The first-order valence-electron chi connectivity index (χ1n) is 15.1. The molecule has 2 bridgehead atoms. The number of nitrogens with zero attached hydrogens (tertiary/aromatic N) is 3.